The number of benzene rings is 2. The Hall–Kier alpha value is -3.20. The Kier molecular flexibility index (Phi) is 8.59. The number of hydrogen-bond acceptors (Lipinski definition) is 8. The zero-order chi connectivity index (χ0) is 23.8. The number of nitrogens with zero attached hydrogens (tertiary/aromatic N) is 1. The van der Waals surface area contributed by atoms with Gasteiger partial charge in [0, 0.05) is 25.8 Å². The summed E-state index contributed by atoms with van der Waals surface area (Å²) >= 11 is 6.31. The molecule has 9 heteroatoms. The molecular formula is C24H25ClN2O6. The molecule has 3 aromatic rings. The van der Waals surface area contributed by atoms with Gasteiger partial charge in [-0.3, -0.25) is 4.79 Å². The van der Waals surface area contributed by atoms with Crippen molar-refractivity contribution in [2.24, 2.45) is 5.92 Å². The summed E-state index contributed by atoms with van der Waals surface area (Å²) < 4.78 is 21.1. The van der Waals surface area contributed by atoms with Crippen LogP contribution in [0, 0.1) is 5.92 Å². The minimum Gasteiger partial charge on any atom is -0.469 e. The molecule has 2 unspecified atom stereocenters. The lowest BCUT2D eigenvalue weighted by atomic mass is 9.95. The molecule has 0 saturated heterocycles. The maximum Gasteiger partial charge on any atom is 0.343 e. The van der Waals surface area contributed by atoms with Gasteiger partial charge in [0.05, 0.1) is 19.2 Å². The number of halogens is 1. The van der Waals surface area contributed by atoms with Crippen molar-refractivity contribution < 1.29 is 28.3 Å². The van der Waals surface area contributed by atoms with Crippen LogP contribution in [0.4, 0.5) is 0 Å². The summed E-state index contributed by atoms with van der Waals surface area (Å²) in [5.74, 6) is -2.01. The van der Waals surface area contributed by atoms with Gasteiger partial charge >= 0.3 is 11.9 Å². The molecule has 0 aliphatic heterocycles. The molecule has 1 N–H and O–H groups in total. The second kappa shape index (κ2) is 11.6. The van der Waals surface area contributed by atoms with E-state index >= 15 is 0 Å². The van der Waals surface area contributed by atoms with E-state index < -0.39 is 24.0 Å². The van der Waals surface area contributed by atoms with Crippen LogP contribution in [0.3, 0.4) is 0 Å². The molecular weight excluding hydrogens is 448 g/mol. The molecule has 8 nitrogen and oxygen atoms in total. The van der Waals surface area contributed by atoms with Crippen LogP contribution in [0.15, 0.2) is 59.1 Å². The maximum atomic E-state index is 12.7. The zero-order valence-electron chi connectivity index (χ0n) is 18.5. The molecule has 0 aliphatic rings. The number of ether oxygens (including phenoxy) is 3. The minimum absolute atomic E-state index is 0.0365. The lowest BCUT2D eigenvalue weighted by molar-refractivity contribution is -0.151. The highest BCUT2D eigenvalue weighted by molar-refractivity contribution is 6.33. The van der Waals surface area contributed by atoms with Gasteiger partial charge in [0.2, 0.25) is 0 Å². The predicted octanol–water partition coefficient (Wildman–Crippen LogP) is 4.05. The third-order valence-corrected chi connectivity index (χ3v) is 5.48. The van der Waals surface area contributed by atoms with E-state index in [1.165, 1.54) is 21.3 Å². The standard InChI is InChI=1S/C24H25ClN2O6/c1-30-21(17(23(28)31-2)14-26-13-15-9-5-4-6-10-15)22-19(24(29)32-3)20(27-33-22)16-11-7-8-12-18(16)25/h4-12,17,21,26H,13-14H2,1-3H3. The van der Waals surface area contributed by atoms with Gasteiger partial charge in [0.25, 0.3) is 0 Å². The van der Waals surface area contributed by atoms with E-state index in [2.05, 4.69) is 10.5 Å². The normalized spacial score (nSPS) is 12.7. The first-order chi connectivity index (χ1) is 16.0. The molecule has 0 spiro atoms. The molecule has 1 aromatic heterocycles. The zero-order valence-corrected chi connectivity index (χ0v) is 19.3. The average Bonchev–Trinajstić information content (AvgIpc) is 3.28. The summed E-state index contributed by atoms with van der Waals surface area (Å²) in [5, 5.41) is 7.68. The molecule has 3 rings (SSSR count). The summed E-state index contributed by atoms with van der Waals surface area (Å²) in [6, 6.07) is 16.6. The van der Waals surface area contributed by atoms with Gasteiger partial charge < -0.3 is 24.1 Å². The fourth-order valence-electron chi connectivity index (χ4n) is 3.52. The summed E-state index contributed by atoms with van der Waals surface area (Å²) in [5.41, 5.74) is 1.77. The molecule has 1 heterocycles. The Bertz CT molecular complexity index is 1090. The van der Waals surface area contributed by atoms with Crippen molar-refractivity contribution in [2.75, 3.05) is 27.9 Å². The van der Waals surface area contributed by atoms with E-state index in [1.54, 1.807) is 24.3 Å². The summed E-state index contributed by atoms with van der Waals surface area (Å²) in [6.07, 6.45) is -0.974. The number of methoxy groups -OCH3 is 3. The van der Waals surface area contributed by atoms with E-state index in [4.69, 9.17) is 30.3 Å². The van der Waals surface area contributed by atoms with Crippen molar-refractivity contribution in [3.05, 3.63) is 76.5 Å². The van der Waals surface area contributed by atoms with E-state index in [1.807, 2.05) is 30.3 Å². The van der Waals surface area contributed by atoms with Crippen LogP contribution in [0.25, 0.3) is 11.3 Å². The van der Waals surface area contributed by atoms with Gasteiger partial charge in [-0.15, -0.1) is 0 Å². The average molecular weight is 473 g/mol. The molecule has 2 atom stereocenters. The van der Waals surface area contributed by atoms with Crippen molar-refractivity contribution in [2.45, 2.75) is 12.6 Å². The lowest BCUT2D eigenvalue weighted by Gasteiger charge is -2.23. The molecule has 33 heavy (non-hydrogen) atoms. The second-order valence-corrected chi connectivity index (χ2v) is 7.55. The number of carbonyl (C=O) groups is 2. The Morgan fingerprint density at radius 2 is 1.73 bits per heavy atom. The Balaban J connectivity index is 1.96. The second-order valence-electron chi connectivity index (χ2n) is 7.14. The number of hydrogen-bond donors (Lipinski definition) is 1. The first kappa shape index (κ1) is 24.4. The molecule has 0 saturated carbocycles. The quantitative estimate of drug-likeness (QED) is 0.441. The van der Waals surface area contributed by atoms with E-state index in [0.717, 1.165) is 5.56 Å². The number of carbonyl (C=O) groups excluding carboxylic acids is 2. The number of nitrogens with one attached hydrogen (secondary N) is 1. The predicted molar refractivity (Wildman–Crippen MR) is 122 cm³/mol. The summed E-state index contributed by atoms with van der Waals surface area (Å²) in [7, 11) is 3.95. The van der Waals surface area contributed by atoms with Crippen molar-refractivity contribution in [1.82, 2.24) is 10.5 Å². The van der Waals surface area contributed by atoms with Crippen LogP contribution in [-0.2, 0) is 25.5 Å². The first-order valence-electron chi connectivity index (χ1n) is 10.2. The van der Waals surface area contributed by atoms with Crippen molar-refractivity contribution >= 4 is 23.5 Å². The van der Waals surface area contributed by atoms with Gasteiger partial charge in [-0.05, 0) is 11.6 Å². The van der Waals surface area contributed by atoms with E-state index in [-0.39, 0.29) is 23.6 Å². The summed E-state index contributed by atoms with van der Waals surface area (Å²) in [6.45, 7) is 0.721. The lowest BCUT2D eigenvalue weighted by Crippen LogP contribution is -2.35. The van der Waals surface area contributed by atoms with Crippen LogP contribution in [0.1, 0.15) is 27.8 Å². The molecule has 2 aromatic carbocycles. The fraction of sp³-hybridized carbons (Fsp3) is 0.292. The van der Waals surface area contributed by atoms with Crippen LogP contribution >= 0.6 is 11.6 Å². The van der Waals surface area contributed by atoms with Gasteiger partial charge in [-0.1, -0.05) is 65.3 Å². The molecule has 174 valence electrons. The number of aromatic nitrogens is 1. The third-order valence-electron chi connectivity index (χ3n) is 5.15. The van der Waals surface area contributed by atoms with Gasteiger partial charge in [0.15, 0.2) is 5.76 Å². The third kappa shape index (κ3) is 5.60. The largest absolute Gasteiger partial charge is 0.469 e. The smallest absolute Gasteiger partial charge is 0.343 e. The Morgan fingerprint density at radius 3 is 2.36 bits per heavy atom. The molecule has 0 aliphatic carbocycles. The molecule has 0 amide bonds. The van der Waals surface area contributed by atoms with E-state index in [9.17, 15) is 9.59 Å². The van der Waals surface area contributed by atoms with E-state index in [0.29, 0.717) is 17.1 Å². The van der Waals surface area contributed by atoms with Crippen molar-refractivity contribution in [3.8, 4) is 11.3 Å². The van der Waals surface area contributed by atoms with Crippen LogP contribution in [0.5, 0.6) is 0 Å². The van der Waals surface area contributed by atoms with Gasteiger partial charge in [-0.25, -0.2) is 4.79 Å². The minimum atomic E-state index is -0.974. The van der Waals surface area contributed by atoms with Crippen molar-refractivity contribution in [1.29, 1.82) is 0 Å². The SMILES string of the molecule is COC(=O)c1c(-c2ccccc2Cl)noc1C(OC)C(CNCc1ccccc1)C(=O)OC. The van der Waals surface area contributed by atoms with Crippen molar-refractivity contribution in [3.63, 3.8) is 0 Å². The highest BCUT2D eigenvalue weighted by atomic mass is 35.5. The van der Waals surface area contributed by atoms with Crippen LogP contribution in [0.2, 0.25) is 5.02 Å². The highest BCUT2D eigenvalue weighted by Gasteiger charge is 2.39. The van der Waals surface area contributed by atoms with Crippen LogP contribution < -0.4 is 5.32 Å². The summed E-state index contributed by atoms with van der Waals surface area (Å²) in [4.78, 5) is 25.4. The Labute approximate surface area is 196 Å². The van der Waals surface area contributed by atoms with Gasteiger partial charge in [-0.2, -0.15) is 0 Å². The highest BCUT2D eigenvalue weighted by Crippen LogP contribution is 2.37. The maximum absolute atomic E-state index is 12.7. The molecule has 0 fully saturated rings. The fourth-order valence-corrected chi connectivity index (χ4v) is 3.75. The topological polar surface area (TPSA) is 99.9 Å². The van der Waals surface area contributed by atoms with Gasteiger partial charge in [0.1, 0.15) is 23.3 Å². The number of esters is 2. The monoisotopic (exact) mass is 472 g/mol. The first-order valence-corrected chi connectivity index (χ1v) is 10.6. The number of rotatable bonds is 10. The molecule has 0 radical (unpaired) electrons. The molecule has 0 bridgehead atoms. The Morgan fingerprint density at radius 1 is 1.03 bits per heavy atom. The van der Waals surface area contributed by atoms with Crippen LogP contribution in [-0.4, -0.2) is 45.0 Å².